The normalized spacial score (nSPS) is 15.9. The molecule has 0 radical (unpaired) electrons. The molecule has 37 heavy (non-hydrogen) atoms. The van der Waals surface area contributed by atoms with Gasteiger partial charge in [-0.25, -0.2) is 8.42 Å². The predicted molar refractivity (Wildman–Crippen MR) is 134 cm³/mol. The molecule has 0 amide bonds. The minimum absolute atomic E-state index is 0.135. The lowest BCUT2D eigenvalue weighted by Gasteiger charge is -2.27. The molecule has 0 bridgehead atoms. The van der Waals surface area contributed by atoms with Crippen molar-refractivity contribution >= 4 is 9.84 Å². The topological polar surface area (TPSA) is 144 Å². The van der Waals surface area contributed by atoms with Gasteiger partial charge in [-0.2, -0.15) is 9.97 Å². The summed E-state index contributed by atoms with van der Waals surface area (Å²) in [4.78, 5) is 17.1. The largest absolute Gasteiger partial charge is 0.479 e. The first kappa shape index (κ1) is 26.9. The molecule has 3 heterocycles. The summed E-state index contributed by atoms with van der Waals surface area (Å²) in [5, 5.41) is 7.77. The van der Waals surface area contributed by atoms with Crippen LogP contribution in [0.3, 0.4) is 0 Å². The Morgan fingerprint density at radius 3 is 2.19 bits per heavy atom. The quantitative estimate of drug-likeness (QED) is 0.360. The Bertz CT molecular complexity index is 1300. The Labute approximate surface area is 216 Å². The molecule has 2 atom stereocenters. The highest BCUT2D eigenvalue weighted by Gasteiger charge is 2.37. The zero-order valence-corrected chi connectivity index (χ0v) is 22.8. The van der Waals surface area contributed by atoms with E-state index in [0.29, 0.717) is 17.2 Å². The molecular weight excluding hydrogens is 498 g/mol. The third-order valence-corrected chi connectivity index (χ3v) is 8.47. The first-order chi connectivity index (χ1) is 17.7. The average molecular weight is 532 g/mol. The van der Waals surface area contributed by atoms with Crippen molar-refractivity contribution in [2.75, 3.05) is 14.2 Å². The van der Waals surface area contributed by atoms with Crippen molar-refractivity contribution in [3.8, 4) is 17.4 Å². The van der Waals surface area contributed by atoms with E-state index in [9.17, 15) is 8.42 Å². The summed E-state index contributed by atoms with van der Waals surface area (Å²) in [5.74, 6) is 1.06. The Kier molecular flexibility index (Phi) is 8.02. The number of hydrogen-bond acceptors (Lipinski definition) is 11. The van der Waals surface area contributed by atoms with E-state index < -0.39 is 26.9 Å². The summed E-state index contributed by atoms with van der Waals surface area (Å²) < 4.78 is 46.3. The van der Waals surface area contributed by atoms with Crippen molar-refractivity contribution < 1.29 is 22.6 Å². The van der Waals surface area contributed by atoms with Gasteiger partial charge < -0.3 is 14.2 Å². The van der Waals surface area contributed by atoms with Gasteiger partial charge in [0.15, 0.2) is 21.3 Å². The predicted octanol–water partition coefficient (Wildman–Crippen LogP) is 2.91. The maximum Gasteiger partial charge on any atom is 0.245 e. The van der Waals surface area contributed by atoms with Crippen LogP contribution in [0.4, 0.5) is 0 Å². The SMILES string of the molecule is COc1ncnc(OC)c1-n1c(CS(=O)(=O)[C@@H](C)[C@@H](OC(C)C)c2cnc(C)cn2)nnc1C1CCC1. The zero-order chi connectivity index (χ0) is 26.7. The van der Waals surface area contributed by atoms with Crippen molar-refractivity contribution in [2.24, 2.45) is 0 Å². The number of methoxy groups -OCH3 is 2. The van der Waals surface area contributed by atoms with Gasteiger partial charge in [0.25, 0.3) is 0 Å². The molecule has 1 saturated carbocycles. The molecule has 0 aliphatic heterocycles. The third-order valence-electron chi connectivity index (χ3n) is 6.43. The number of sulfone groups is 1. The van der Waals surface area contributed by atoms with Crippen molar-refractivity contribution in [2.45, 2.75) is 76.1 Å². The number of hydrogen-bond donors (Lipinski definition) is 0. The fourth-order valence-electron chi connectivity index (χ4n) is 4.20. The molecule has 0 N–H and O–H groups in total. The van der Waals surface area contributed by atoms with E-state index in [1.165, 1.54) is 20.5 Å². The molecule has 0 saturated heterocycles. The van der Waals surface area contributed by atoms with Crippen LogP contribution in [0.15, 0.2) is 18.7 Å². The minimum Gasteiger partial charge on any atom is -0.479 e. The summed E-state index contributed by atoms with van der Waals surface area (Å²) in [5.41, 5.74) is 1.55. The van der Waals surface area contributed by atoms with Crippen molar-refractivity contribution in [1.82, 2.24) is 34.7 Å². The van der Waals surface area contributed by atoms with Gasteiger partial charge in [-0.05, 0) is 40.5 Å². The Hall–Kier alpha value is -3.19. The van der Waals surface area contributed by atoms with Gasteiger partial charge in [-0.1, -0.05) is 6.42 Å². The van der Waals surface area contributed by atoms with Gasteiger partial charge in [0.05, 0.1) is 43.2 Å². The van der Waals surface area contributed by atoms with Gasteiger partial charge in [-0.15, -0.1) is 10.2 Å². The molecule has 13 heteroatoms. The molecule has 1 aliphatic carbocycles. The third kappa shape index (κ3) is 5.57. The Morgan fingerprint density at radius 1 is 1.00 bits per heavy atom. The lowest BCUT2D eigenvalue weighted by atomic mass is 9.85. The molecule has 0 unspecified atom stereocenters. The molecular formula is C24H33N7O5S. The van der Waals surface area contributed by atoms with Crippen LogP contribution in [0.5, 0.6) is 11.8 Å². The smallest absolute Gasteiger partial charge is 0.245 e. The second-order valence-electron chi connectivity index (χ2n) is 9.38. The molecule has 1 fully saturated rings. The highest BCUT2D eigenvalue weighted by molar-refractivity contribution is 7.91. The van der Waals surface area contributed by atoms with Crippen LogP contribution in [0.2, 0.25) is 0 Å². The zero-order valence-electron chi connectivity index (χ0n) is 21.9. The Morgan fingerprint density at radius 2 is 1.68 bits per heavy atom. The van der Waals surface area contributed by atoms with E-state index in [4.69, 9.17) is 14.2 Å². The lowest BCUT2D eigenvalue weighted by Crippen LogP contribution is -2.31. The molecule has 3 aromatic rings. The maximum absolute atomic E-state index is 13.8. The van der Waals surface area contributed by atoms with Crippen LogP contribution in [0.1, 0.15) is 75.1 Å². The highest BCUT2D eigenvalue weighted by atomic mass is 32.2. The summed E-state index contributed by atoms with van der Waals surface area (Å²) in [6.45, 7) is 7.13. The number of aryl methyl sites for hydroxylation is 1. The number of rotatable bonds is 11. The second kappa shape index (κ2) is 11.1. The minimum atomic E-state index is -3.83. The fraction of sp³-hybridized carbons (Fsp3) is 0.583. The van der Waals surface area contributed by atoms with Crippen LogP contribution in [0.25, 0.3) is 5.69 Å². The van der Waals surface area contributed by atoms with E-state index in [1.807, 2.05) is 20.8 Å². The van der Waals surface area contributed by atoms with Gasteiger partial charge in [0, 0.05) is 12.1 Å². The maximum atomic E-state index is 13.8. The van der Waals surface area contributed by atoms with Crippen LogP contribution < -0.4 is 9.47 Å². The standard InChI is InChI=1S/C24H33N7O5S/c1-14(2)36-21(18-11-25-15(3)10-26-18)16(4)37(32,33)12-19-29-30-22(17-8-7-9-17)31(19)20-23(34-5)27-13-28-24(20)35-6/h10-11,13-14,16-17,21H,7-9,12H2,1-6H3/t16-,21+/m0/s1. The van der Waals surface area contributed by atoms with E-state index in [2.05, 4.69) is 30.1 Å². The Balaban J connectivity index is 1.77. The molecule has 12 nitrogen and oxygen atoms in total. The monoisotopic (exact) mass is 531 g/mol. The van der Waals surface area contributed by atoms with Crippen LogP contribution in [-0.2, 0) is 20.3 Å². The summed E-state index contributed by atoms with van der Waals surface area (Å²) in [6, 6.07) is 0. The van der Waals surface area contributed by atoms with Gasteiger partial charge in [0.1, 0.15) is 24.0 Å². The van der Waals surface area contributed by atoms with Crippen LogP contribution in [-0.4, -0.2) is 68.7 Å². The van der Waals surface area contributed by atoms with Crippen LogP contribution in [0, 0.1) is 6.92 Å². The lowest BCUT2D eigenvalue weighted by molar-refractivity contribution is 0.00382. The van der Waals surface area contributed by atoms with Crippen LogP contribution >= 0.6 is 0 Å². The first-order valence-corrected chi connectivity index (χ1v) is 13.9. The van der Waals surface area contributed by atoms with E-state index in [-0.39, 0.29) is 29.6 Å². The van der Waals surface area contributed by atoms with Crippen molar-refractivity contribution in [1.29, 1.82) is 0 Å². The van der Waals surface area contributed by atoms with E-state index in [1.54, 1.807) is 23.9 Å². The van der Waals surface area contributed by atoms with Crippen molar-refractivity contribution in [3.05, 3.63) is 41.8 Å². The molecule has 200 valence electrons. The summed E-state index contributed by atoms with van der Waals surface area (Å²) >= 11 is 0. The number of nitrogens with zero attached hydrogens (tertiary/aromatic N) is 7. The highest BCUT2D eigenvalue weighted by Crippen LogP contribution is 2.40. The van der Waals surface area contributed by atoms with Gasteiger partial charge >= 0.3 is 0 Å². The van der Waals surface area contributed by atoms with E-state index in [0.717, 1.165) is 25.0 Å². The molecule has 0 aromatic carbocycles. The second-order valence-corrected chi connectivity index (χ2v) is 11.7. The summed E-state index contributed by atoms with van der Waals surface area (Å²) in [6.07, 6.45) is 6.35. The number of ether oxygens (including phenoxy) is 3. The molecule has 4 rings (SSSR count). The van der Waals surface area contributed by atoms with Gasteiger partial charge in [-0.3, -0.25) is 14.5 Å². The number of aromatic nitrogens is 7. The van der Waals surface area contributed by atoms with Gasteiger partial charge in [0.2, 0.25) is 11.8 Å². The first-order valence-electron chi connectivity index (χ1n) is 12.2. The molecule has 1 aliphatic rings. The molecule has 3 aromatic heterocycles. The van der Waals surface area contributed by atoms with Crippen molar-refractivity contribution in [3.63, 3.8) is 0 Å². The summed E-state index contributed by atoms with van der Waals surface area (Å²) in [7, 11) is -0.866. The average Bonchev–Trinajstić information content (AvgIpc) is 3.22. The fourth-order valence-corrected chi connectivity index (χ4v) is 5.59. The van der Waals surface area contributed by atoms with E-state index >= 15 is 0 Å². The molecule has 0 spiro atoms.